The molecule has 368 valence electrons. The minimum atomic E-state index is -0.749. The normalized spacial score (nSPS) is 15.1. The van der Waals surface area contributed by atoms with Gasteiger partial charge in [0.15, 0.2) is 17.2 Å². The average molecular weight is 1110 g/mol. The summed E-state index contributed by atoms with van der Waals surface area (Å²) < 4.78 is 4.04. The Morgan fingerprint density at radius 3 is 1.56 bits per heavy atom. The number of amides is 5. The molecule has 6 aromatic rings. The smallest absolute Gasteiger partial charge is 0.269 e. The molecule has 8 rings (SSSR count). The largest absolute Gasteiger partial charge is 0.364 e. The van der Waals surface area contributed by atoms with Crippen LogP contribution < -0.4 is 39.1 Å². The van der Waals surface area contributed by atoms with Crippen LogP contribution in [0.3, 0.4) is 0 Å². The van der Waals surface area contributed by atoms with E-state index in [2.05, 4.69) is 80.9 Å². The quantitative estimate of drug-likeness (QED) is 0.0390. The number of piperidine rings is 2. The van der Waals surface area contributed by atoms with Gasteiger partial charge < -0.3 is 44.0 Å². The monoisotopic (exact) mass is 1110 g/mol. The van der Waals surface area contributed by atoms with E-state index in [0.717, 1.165) is 58.3 Å². The van der Waals surface area contributed by atoms with Gasteiger partial charge in [-0.25, -0.2) is 29.3 Å². The Labute approximate surface area is 429 Å². The van der Waals surface area contributed by atoms with Crippen LogP contribution in [-0.2, 0) is 9.59 Å². The molecule has 0 aliphatic carbocycles. The molecule has 0 unspecified atom stereocenters. The predicted octanol–water partition coefficient (Wildman–Crippen LogP) is 6.54. The minimum Gasteiger partial charge on any atom is -0.364 e. The number of primary amides is 2. The van der Waals surface area contributed by atoms with Crippen molar-refractivity contribution in [1.82, 2.24) is 39.5 Å². The van der Waals surface area contributed by atoms with Crippen LogP contribution in [-0.4, -0.2) is 82.1 Å². The summed E-state index contributed by atoms with van der Waals surface area (Å²) in [6.45, 7) is 8.07. The average Bonchev–Trinajstić information content (AvgIpc) is 3.91. The van der Waals surface area contributed by atoms with Gasteiger partial charge in [-0.3, -0.25) is 28.8 Å². The Hall–Kier alpha value is -7.53. The van der Waals surface area contributed by atoms with Gasteiger partial charge in [-0.2, -0.15) is 0 Å². The van der Waals surface area contributed by atoms with E-state index in [1.807, 2.05) is 0 Å². The summed E-state index contributed by atoms with van der Waals surface area (Å²) in [6, 6.07) is 19.8. The number of aromatic nitrogens is 6. The molecule has 23 heteroatoms. The molecule has 4 aromatic heterocycles. The Kier molecular flexibility index (Phi) is 18.1. The topological polar surface area (TPSA) is 307 Å². The standard InChI is InChI=1S/C24H24BrN7O3.C21H22BrN7O2.C3H3ClO/c1-2-19(33)31-12-4-3-5-17(31)23-30-20(21(22(26)34)32(23)27)14-6-8-15(9-7-14)24(35)29-18-13-16(25)10-11-28-18;22-14-8-10-26-16(11-14)27-21(31)13-6-4-12(5-7-13)17-18(19(23)30)29(24)20(28-17)15-3-1-2-9-25-15;1-2-3(4)5/h2,6-11,13,17H,1,3-5,12,27H2,(H2,26,34)(H,28,29,35);4-8,10-11,15,25H,1-3,9,24H2,(H2,23,30)(H,26,27,31);2H,1H2/t17-;15-;/m00./s1. The van der Waals surface area contributed by atoms with Gasteiger partial charge in [0.2, 0.25) is 11.1 Å². The first-order valence-electron chi connectivity index (χ1n) is 21.9. The summed E-state index contributed by atoms with van der Waals surface area (Å²) in [5, 5.41) is 8.34. The number of likely N-dealkylation sites (tertiary alicyclic amines) is 1. The molecule has 2 saturated heterocycles. The molecule has 0 spiro atoms. The number of nitrogen functional groups attached to an aromatic ring is 2. The Balaban J connectivity index is 0.000000213. The molecule has 5 amide bonds. The highest BCUT2D eigenvalue weighted by atomic mass is 79.9. The third-order valence-corrected chi connectivity index (χ3v) is 12.3. The van der Waals surface area contributed by atoms with Crippen molar-refractivity contribution >= 4 is 89.9 Å². The van der Waals surface area contributed by atoms with Gasteiger partial charge in [-0.15, -0.1) is 0 Å². The molecule has 2 atom stereocenters. The van der Waals surface area contributed by atoms with Crippen molar-refractivity contribution in [3.63, 3.8) is 0 Å². The number of nitrogens with zero attached hydrogens (tertiary/aromatic N) is 7. The van der Waals surface area contributed by atoms with Crippen LogP contribution >= 0.6 is 43.5 Å². The van der Waals surface area contributed by atoms with Crippen LogP contribution in [0.25, 0.3) is 22.5 Å². The van der Waals surface area contributed by atoms with Crippen molar-refractivity contribution < 1.29 is 28.8 Å². The van der Waals surface area contributed by atoms with Gasteiger partial charge in [0, 0.05) is 50.1 Å². The molecule has 0 bridgehead atoms. The fourth-order valence-electron chi connectivity index (χ4n) is 7.79. The summed E-state index contributed by atoms with van der Waals surface area (Å²) in [6.07, 6.45) is 10.9. The molecule has 2 aliphatic rings. The second kappa shape index (κ2) is 24.3. The number of nitrogens with two attached hydrogens (primary N) is 4. The Bertz CT molecular complexity index is 2970. The van der Waals surface area contributed by atoms with E-state index in [4.69, 9.17) is 34.8 Å². The summed E-state index contributed by atoms with van der Waals surface area (Å²) >= 11 is 11.4. The lowest BCUT2D eigenvalue weighted by Gasteiger charge is -2.34. The summed E-state index contributed by atoms with van der Waals surface area (Å²) in [4.78, 5) is 90.6. The minimum absolute atomic E-state index is 0.0205. The van der Waals surface area contributed by atoms with Crippen molar-refractivity contribution in [2.45, 2.75) is 50.6 Å². The van der Waals surface area contributed by atoms with E-state index in [-0.39, 0.29) is 40.8 Å². The molecule has 6 heterocycles. The molecule has 71 heavy (non-hydrogen) atoms. The number of benzene rings is 2. The number of anilines is 2. The molecule has 2 fully saturated rings. The molecule has 20 nitrogen and oxygen atoms in total. The summed E-state index contributed by atoms with van der Waals surface area (Å²) in [5.74, 6) is 12.0. The Morgan fingerprint density at radius 2 is 1.14 bits per heavy atom. The van der Waals surface area contributed by atoms with Crippen LogP contribution in [0.2, 0.25) is 0 Å². The number of carbonyl (C=O) groups is 6. The van der Waals surface area contributed by atoms with Gasteiger partial charge in [0.05, 0.1) is 12.1 Å². The number of pyridine rings is 2. The number of nitrogens with one attached hydrogen (secondary N) is 3. The molecular formula is C48H49Br2ClN14O6. The van der Waals surface area contributed by atoms with Crippen LogP contribution in [0.15, 0.2) is 119 Å². The third kappa shape index (κ3) is 13.2. The van der Waals surface area contributed by atoms with Gasteiger partial charge >= 0.3 is 0 Å². The molecular weight excluding hydrogens is 1060 g/mol. The van der Waals surface area contributed by atoms with Crippen molar-refractivity contribution in [3.05, 3.63) is 154 Å². The first-order chi connectivity index (χ1) is 34.0. The van der Waals surface area contributed by atoms with Gasteiger partial charge in [0.1, 0.15) is 28.8 Å². The second-order valence-corrected chi connectivity index (χ2v) is 18.0. The maximum absolute atomic E-state index is 12.6. The van der Waals surface area contributed by atoms with Crippen LogP contribution in [0.5, 0.6) is 0 Å². The van der Waals surface area contributed by atoms with E-state index >= 15 is 0 Å². The number of carbonyl (C=O) groups excluding carboxylic acids is 6. The highest BCUT2D eigenvalue weighted by molar-refractivity contribution is 9.10. The number of halogens is 3. The first kappa shape index (κ1) is 52.8. The molecule has 11 N–H and O–H groups in total. The molecule has 0 radical (unpaired) electrons. The van der Waals surface area contributed by atoms with E-state index < -0.39 is 23.1 Å². The van der Waals surface area contributed by atoms with Crippen molar-refractivity contribution in [3.8, 4) is 22.5 Å². The maximum Gasteiger partial charge on any atom is 0.269 e. The van der Waals surface area contributed by atoms with E-state index in [9.17, 15) is 28.8 Å². The zero-order valence-electron chi connectivity index (χ0n) is 38.0. The predicted molar refractivity (Wildman–Crippen MR) is 277 cm³/mol. The summed E-state index contributed by atoms with van der Waals surface area (Å²) in [7, 11) is 0. The third-order valence-electron chi connectivity index (χ3n) is 11.2. The SMILES string of the molecule is C=CC(=O)Cl.C=CC(=O)N1CCCC[C@H]1c1nc(-c2ccc(C(=O)Nc3cc(Br)ccn3)cc2)c(C(N)=O)n1N.NC(=O)c1c(-c2ccc(C(=O)Nc3cc(Br)ccn3)cc2)nc([C@@H]2CCCCN2)n1N. The number of imidazole rings is 2. The fraction of sp³-hybridized carbons (Fsp3) is 0.208. The van der Waals surface area contributed by atoms with Crippen molar-refractivity contribution in [2.24, 2.45) is 11.5 Å². The second-order valence-electron chi connectivity index (χ2n) is 15.8. The zero-order chi connectivity index (χ0) is 51.4. The highest BCUT2D eigenvalue weighted by Crippen LogP contribution is 2.34. The Morgan fingerprint density at radius 1 is 0.676 bits per heavy atom. The van der Waals surface area contributed by atoms with Gasteiger partial charge in [0.25, 0.3) is 23.6 Å². The van der Waals surface area contributed by atoms with Crippen molar-refractivity contribution in [1.29, 1.82) is 0 Å². The van der Waals surface area contributed by atoms with Crippen LogP contribution in [0.4, 0.5) is 11.6 Å². The lowest BCUT2D eigenvalue weighted by Crippen LogP contribution is -2.39. The van der Waals surface area contributed by atoms with E-state index in [1.165, 1.54) is 10.8 Å². The summed E-state index contributed by atoms with van der Waals surface area (Å²) in [5.41, 5.74) is 14.1. The van der Waals surface area contributed by atoms with Gasteiger partial charge in [-0.1, -0.05) is 75.7 Å². The first-order valence-corrected chi connectivity index (χ1v) is 23.9. The van der Waals surface area contributed by atoms with Crippen LogP contribution in [0, 0.1) is 0 Å². The lowest BCUT2D eigenvalue weighted by atomic mass is 10.0. The number of hydrogen-bond donors (Lipinski definition) is 7. The molecule has 0 saturated carbocycles. The van der Waals surface area contributed by atoms with E-state index in [0.29, 0.717) is 64.2 Å². The molecule has 2 aliphatic heterocycles. The number of hydrogen-bond acceptors (Lipinski definition) is 13. The molecule has 2 aromatic carbocycles. The van der Waals surface area contributed by atoms with Crippen molar-refractivity contribution in [2.75, 3.05) is 35.4 Å². The maximum atomic E-state index is 12.6. The lowest BCUT2D eigenvalue weighted by molar-refractivity contribution is -0.130. The van der Waals surface area contributed by atoms with E-state index in [1.54, 1.807) is 90.1 Å². The highest BCUT2D eigenvalue weighted by Gasteiger charge is 2.33. The van der Waals surface area contributed by atoms with Gasteiger partial charge in [-0.05, 0) is 111 Å². The number of allylic oxidation sites excluding steroid dienone is 1. The fourth-order valence-corrected chi connectivity index (χ4v) is 8.46. The van der Waals surface area contributed by atoms with Crippen LogP contribution in [0.1, 0.15) is 104 Å². The zero-order valence-corrected chi connectivity index (χ0v) is 41.9. The number of rotatable bonds is 12.